The molecule has 1 aliphatic rings. The van der Waals surface area contributed by atoms with Gasteiger partial charge in [0, 0.05) is 6.54 Å². The van der Waals surface area contributed by atoms with Gasteiger partial charge in [-0.25, -0.2) is 0 Å². The zero-order valence-electron chi connectivity index (χ0n) is 6.93. The molecule has 0 aromatic rings. The molecule has 1 fully saturated rings. The molecule has 1 unspecified atom stereocenters. The van der Waals surface area contributed by atoms with Crippen LogP contribution < -0.4 is 0 Å². The second kappa shape index (κ2) is 2.89. The highest BCUT2D eigenvalue weighted by molar-refractivity contribution is 4.84. The van der Waals surface area contributed by atoms with Gasteiger partial charge < -0.3 is 10.0 Å². The smallest absolute Gasteiger partial charge is 0.0771 e. The molecular weight excluding hydrogens is 126 g/mol. The van der Waals surface area contributed by atoms with Crippen molar-refractivity contribution in [2.45, 2.75) is 31.8 Å². The average molecular weight is 143 g/mol. The Labute approximate surface area is 62.8 Å². The predicted molar refractivity (Wildman–Crippen MR) is 42.0 cm³/mol. The normalized spacial score (nSPS) is 36.3. The number of likely N-dealkylation sites (tertiary alicyclic amines) is 1. The van der Waals surface area contributed by atoms with Crippen molar-refractivity contribution in [3.8, 4) is 0 Å². The summed E-state index contributed by atoms with van der Waals surface area (Å²) < 4.78 is 0. The third-order valence-corrected chi connectivity index (χ3v) is 2.40. The Morgan fingerprint density at radius 3 is 2.70 bits per heavy atom. The first-order chi connectivity index (χ1) is 4.66. The molecule has 0 radical (unpaired) electrons. The fourth-order valence-electron chi connectivity index (χ4n) is 1.63. The molecule has 2 nitrogen and oxygen atoms in total. The molecule has 0 aromatic heterocycles. The maximum Gasteiger partial charge on any atom is 0.0771 e. The maximum absolute atomic E-state index is 9.81. The van der Waals surface area contributed by atoms with Gasteiger partial charge in [0.1, 0.15) is 0 Å². The second-order valence-electron chi connectivity index (χ2n) is 3.42. The molecule has 1 N–H and O–H groups in total. The molecule has 1 rings (SSSR count). The van der Waals surface area contributed by atoms with Crippen LogP contribution in [0.4, 0.5) is 0 Å². The first-order valence-electron chi connectivity index (χ1n) is 4.07. The van der Waals surface area contributed by atoms with Gasteiger partial charge in [0.25, 0.3) is 0 Å². The second-order valence-corrected chi connectivity index (χ2v) is 3.42. The fourth-order valence-corrected chi connectivity index (χ4v) is 1.63. The number of aliphatic hydroxyl groups is 1. The van der Waals surface area contributed by atoms with E-state index >= 15 is 0 Å². The van der Waals surface area contributed by atoms with Gasteiger partial charge in [0.2, 0.25) is 0 Å². The molecule has 0 bridgehead atoms. The lowest BCUT2D eigenvalue weighted by Crippen LogP contribution is -2.45. The van der Waals surface area contributed by atoms with E-state index in [0.717, 1.165) is 32.4 Å². The van der Waals surface area contributed by atoms with Crippen LogP contribution in [0.1, 0.15) is 26.2 Å². The Kier molecular flexibility index (Phi) is 2.32. The van der Waals surface area contributed by atoms with E-state index in [0.29, 0.717) is 0 Å². The Morgan fingerprint density at radius 2 is 2.30 bits per heavy atom. The van der Waals surface area contributed by atoms with Crippen LogP contribution in [0.5, 0.6) is 0 Å². The van der Waals surface area contributed by atoms with Crippen molar-refractivity contribution >= 4 is 0 Å². The molecule has 0 saturated carbocycles. The molecule has 2 heteroatoms. The third-order valence-electron chi connectivity index (χ3n) is 2.40. The molecule has 60 valence electrons. The van der Waals surface area contributed by atoms with E-state index in [1.165, 1.54) is 0 Å². The predicted octanol–water partition coefficient (Wildman–Crippen LogP) is 0.853. The Bertz CT molecular complexity index is 116. The summed E-state index contributed by atoms with van der Waals surface area (Å²) in [5, 5.41) is 9.81. The van der Waals surface area contributed by atoms with Crippen LogP contribution >= 0.6 is 0 Å². The van der Waals surface area contributed by atoms with Crippen molar-refractivity contribution in [1.82, 2.24) is 4.90 Å². The minimum atomic E-state index is -0.382. The zero-order valence-corrected chi connectivity index (χ0v) is 6.93. The van der Waals surface area contributed by atoms with Gasteiger partial charge in [-0.15, -0.1) is 0 Å². The summed E-state index contributed by atoms with van der Waals surface area (Å²) in [4.78, 5) is 2.20. The minimum absolute atomic E-state index is 0.382. The van der Waals surface area contributed by atoms with Crippen molar-refractivity contribution in [3.05, 3.63) is 0 Å². The first kappa shape index (κ1) is 8.02. The molecule has 1 atom stereocenters. The summed E-state index contributed by atoms with van der Waals surface area (Å²) in [7, 11) is 2.07. The molecule has 10 heavy (non-hydrogen) atoms. The highest BCUT2D eigenvalue weighted by atomic mass is 16.3. The highest BCUT2D eigenvalue weighted by Gasteiger charge is 2.29. The standard InChI is InChI=1S/C8H17NO/c1-3-8(10)5-4-6-9(2)7-8/h10H,3-7H2,1-2H3. The number of β-amino-alcohol motifs (C(OH)–C–C–N with tert-alkyl or cyclic N) is 1. The molecule has 0 aromatic carbocycles. The SMILES string of the molecule is CCC1(O)CCCN(C)C1. The maximum atomic E-state index is 9.81. The number of rotatable bonds is 1. The van der Waals surface area contributed by atoms with Gasteiger partial charge in [0.15, 0.2) is 0 Å². The van der Waals surface area contributed by atoms with Crippen molar-refractivity contribution in [2.75, 3.05) is 20.1 Å². The van der Waals surface area contributed by atoms with Gasteiger partial charge in [0.05, 0.1) is 5.60 Å². The minimum Gasteiger partial charge on any atom is -0.389 e. The van der Waals surface area contributed by atoms with Crippen molar-refractivity contribution in [1.29, 1.82) is 0 Å². The Hall–Kier alpha value is -0.0800. The summed E-state index contributed by atoms with van der Waals surface area (Å²) in [5.74, 6) is 0. The van der Waals surface area contributed by atoms with E-state index < -0.39 is 0 Å². The van der Waals surface area contributed by atoms with E-state index in [1.807, 2.05) is 0 Å². The number of hydrogen-bond acceptors (Lipinski definition) is 2. The van der Waals surface area contributed by atoms with Crippen LogP contribution in [0.15, 0.2) is 0 Å². The lowest BCUT2D eigenvalue weighted by Gasteiger charge is -2.36. The quantitative estimate of drug-likeness (QED) is 0.588. The van der Waals surface area contributed by atoms with E-state index in [9.17, 15) is 5.11 Å². The highest BCUT2D eigenvalue weighted by Crippen LogP contribution is 2.22. The molecule has 0 aliphatic carbocycles. The fraction of sp³-hybridized carbons (Fsp3) is 1.00. The van der Waals surface area contributed by atoms with Crippen molar-refractivity contribution < 1.29 is 5.11 Å². The molecule has 1 aliphatic heterocycles. The van der Waals surface area contributed by atoms with Gasteiger partial charge in [-0.2, -0.15) is 0 Å². The van der Waals surface area contributed by atoms with E-state index in [-0.39, 0.29) is 5.60 Å². The number of piperidine rings is 1. The lowest BCUT2D eigenvalue weighted by molar-refractivity contribution is -0.0256. The Morgan fingerprint density at radius 1 is 1.60 bits per heavy atom. The molecule has 1 saturated heterocycles. The molecular formula is C8H17NO. The summed E-state index contributed by atoms with van der Waals surface area (Å²) in [6.45, 7) is 4.05. The average Bonchev–Trinajstić information content (AvgIpc) is 1.88. The lowest BCUT2D eigenvalue weighted by atomic mass is 9.91. The number of nitrogens with zero attached hydrogens (tertiary/aromatic N) is 1. The van der Waals surface area contributed by atoms with Crippen LogP contribution in [0, 0.1) is 0 Å². The zero-order chi connectivity index (χ0) is 7.61. The van der Waals surface area contributed by atoms with Crippen LogP contribution in [0.2, 0.25) is 0 Å². The summed E-state index contributed by atoms with van der Waals surface area (Å²) in [6, 6.07) is 0. The summed E-state index contributed by atoms with van der Waals surface area (Å²) in [6.07, 6.45) is 3.01. The monoisotopic (exact) mass is 143 g/mol. The van der Waals surface area contributed by atoms with Gasteiger partial charge in [-0.1, -0.05) is 6.92 Å². The number of likely N-dealkylation sites (N-methyl/N-ethyl adjacent to an activating group) is 1. The van der Waals surface area contributed by atoms with Gasteiger partial charge in [-0.3, -0.25) is 0 Å². The van der Waals surface area contributed by atoms with Crippen molar-refractivity contribution in [2.24, 2.45) is 0 Å². The van der Waals surface area contributed by atoms with Crippen LogP contribution in [-0.4, -0.2) is 35.7 Å². The summed E-state index contributed by atoms with van der Waals surface area (Å²) >= 11 is 0. The molecule has 1 heterocycles. The molecule has 0 amide bonds. The first-order valence-corrected chi connectivity index (χ1v) is 4.07. The van der Waals surface area contributed by atoms with Crippen LogP contribution in [0.3, 0.4) is 0 Å². The largest absolute Gasteiger partial charge is 0.389 e. The van der Waals surface area contributed by atoms with Gasteiger partial charge >= 0.3 is 0 Å². The third kappa shape index (κ3) is 1.70. The Balaban J connectivity index is 2.45. The van der Waals surface area contributed by atoms with Gasteiger partial charge in [-0.05, 0) is 32.9 Å². The topological polar surface area (TPSA) is 23.5 Å². The summed E-state index contributed by atoms with van der Waals surface area (Å²) in [5.41, 5.74) is -0.382. The van der Waals surface area contributed by atoms with Crippen LogP contribution in [-0.2, 0) is 0 Å². The van der Waals surface area contributed by atoms with E-state index in [2.05, 4.69) is 18.9 Å². The van der Waals surface area contributed by atoms with Crippen LogP contribution in [0.25, 0.3) is 0 Å². The van der Waals surface area contributed by atoms with E-state index in [1.54, 1.807) is 0 Å². The number of hydrogen-bond donors (Lipinski definition) is 1. The van der Waals surface area contributed by atoms with E-state index in [4.69, 9.17) is 0 Å². The molecule has 0 spiro atoms. The van der Waals surface area contributed by atoms with Crippen molar-refractivity contribution in [3.63, 3.8) is 0 Å².